The highest BCUT2D eigenvalue weighted by molar-refractivity contribution is 5.78. The Morgan fingerprint density at radius 2 is 2.24 bits per heavy atom. The summed E-state index contributed by atoms with van der Waals surface area (Å²) in [7, 11) is 0. The Hall–Kier alpha value is -3.03. The fourth-order valence-corrected chi connectivity index (χ4v) is 2.44. The number of fused-ring (bicyclic) bond motifs is 2. The van der Waals surface area contributed by atoms with E-state index in [9.17, 15) is 4.79 Å². The number of rotatable bonds is 5. The van der Waals surface area contributed by atoms with Crippen LogP contribution in [0.4, 0.5) is 11.5 Å². The van der Waals surface area contributed by atoms with Crippen molar-refractivity contribution >= 4 is 17.3 Å². The minimum Gasteiger partial charge on any atom is -0.489 e. The summed E-state index contributed by atoms with van der Waals surface area (Å²) in [6.45, 7) is 6.39. The van der Waals surface area contributed by atoms with Crippen molar-refractivity contribution < 1.29 is 9.47 Å². The molecule has 132 valence electrons. The lowest BCUT2D eigenvalue weighted by Crippen LogP contribution is -2.26. The SMILES string of the molecule is CC(N)=NCCOc1cccc2c1Nc1nc(=O)n(C(C)C)cc1O2. The van der Waals surface area contributed by atoms with Crippen LogP contribution in [0.5, 0.6) is 17.2 Å². The summed E-state index contributed by atoms with van der Waals surface area (Å²) in [5, 5.41) is 3.13. The van der Waals surface area contributed by atoms with Gasteiger partial charge in [0.1, 0.15) is 18.0 Å². The third-order valence-corrected chi connectivity index (χ3v) is 3.64. The Labute approximate surface area is 145 Å². The summed E-state index contributed by atoms with van der Waals surface area (Å²) in [5.74, 6) is 2.60. The number of amidine groups is 1. The molecule has 0 unspecified atom stereocenters. The van der Waals surface area contributed by atoms with Gasteiger partial charge in [-0.25, -0.2) is 4.79 Å². The maximum absolute atomic E-state index is 12.1. The molecule has 3 rings (SSSR count). The maximum atomic E-state index is 12.1. The second-order valence-electron chi connectivity index (χ2n) is 5.97. The van der Waals surface area contributed by atoms with Crippen molar-refractivity contribution in [3.8, 4) is 17.2 Å². The number of nitrogens with one attached hydrogen (secondary N) is 1. The second-order valence-corrected chi connectivity index (χ2v) is 5.97. The number of para-hydroxylation sites is 1. The van der Waals surface area contributed by atoms with E-state index >= 15 is 0 Å². The number of nitrogens with zero attached hydrogens (tertiary/aromatic N) is 3. The van der Waals surface area contributed by atoms with Crippen molar-refractivity contribution in [1.29, 1.82) is 0 Å². The van der Waals surface area contributed by atoms with E-state index < -0.39 is 0 Å². The smallest absolute Gasteiger partial charge is 0.350 e. The number of hydrogen-bond donors (Lipinski definition) is 2. The minimum atomic E-state index is -0.334. The van der Waals surface area contributed by atoms with E-state index in [4.69, 9.17) is 15.2 Å². The Morgan fingerprint density at radius 1 is 1.44 bits per heavy atom. The lowest BCUT2D eigenvalue weighted by molar-refractivity contribution is 0.328. The zero-order chi connectivity index (χ0) is 18.0. The van der Waals surface area contributed by atoms with E-state index in [0.717, 1.165) is 0 Å². The van der Waals surface area contributed by atoms with Gasteiger partial charge in [-0.05, 0) is 32.9 Å². The molecule has 8 heteroatoms. The Balaban J connectivity index is 1.86. The molecule has 0 spiro atoms. The Kier molecular flexibility index (Phi) is 4.60. The predicted molar refractivity (Wildman–Crippen MR) is 96.3 cm³/mol. The lowest BCUT2D eigenvalue weighted by Gasteiger charge is -2.23. The molecule has 2 aromatic rings. The number of hydrogen-bond acceptors (Lipinski definition) is 6. The molecule has 0 fully saturated rings. The van der Waals surface area contributed by atoms with Gasteiger partial charge in [-0.3, -0.25) is 9.56 Å². The molecule has 1 aromatic carbocycles. The summed E-state index contributed by atoms with van der Waals surface area (Å²) in [5.41, 5.74) is 5.81. The largest absolute Gasteiger partial charge is 0.489 e. The third kappa shape index (κ3) is 3.57. The summed E-state index contributed by atoms with van der Waals surface area (Å²) in [4.78, 5) is 20.3. The van der Waals surface area contributed by atoms with Crippen LogP contribution in [0, 0.1) is 0 Å². The van der Waals surface area contributed by atoms with Crippen LogP contribution >= 0.6 is 0 Å². The lowest BCUT2D eigenvalue weighted by atomic mass is 10.2. The van der Waals surface area contributed by atoms with Gasteiger partial charge in [-0.15, -0.1) is 0 Å². The fourth-order valence-electron chi connectivity index (χ4n) is 2.44. The van der Waals surface area contributed by atoms with Crippen LogP contribution in [0.25, 0.3) is 0 Å². The molecule has 3 N–H and O–H groups in total. The van der Waals surface area contributed by atoms with Crippen LogP contribution in [0.1, 0.15) is 26.8 Å². The van der Waals surface area contributed by atoms with Crippen molar-refractivity contribution in [3.63, 3.8) is 0 Å². The summed E-state index contributed by atoms with van der Waals surface area (Å²) in [6, 6.07) is 5.47. The number of ether oxygens (including phenoxy) is 2. The van der Waals surface area contributed by atoms with E-state index in [0.29, 0.717) is 47.7 Å². The molecule has 0 amide bonds. The third-order valence-electron chi connectivity index (χ3n) is 3.64. The number of anilines is 2. The minimum absolute atomic E-state index is 0.00322. The van der Waals surface area contributed by atoms with E-state index in [2.05, 4.69) is 15.3 Å². The van der Waals surface area contributed by atoms with E-state index in [1.165, 1.54) is 4.57 Å². The Bertz CT molecular complexity index is 869. The first-order valence-corrected chi connectivity index (χ1v) is 8.06. The average Bonchev–Trinajstić information content (AvgIpc) is 2.56. The van der Waals surface area contributed by atoms with Crippen molar-refractivity contribution in [2.45, 2.75) is 26.8 Å². The monoisotopic (exact) mass is 343 g/mol. The van der Waals surface area contributed by atoms with Crippen LogP contribution in [-0.2, 0) is 0 Å². The van der Waals surface area contributed by atoms with Gasteiger partial charge in [-0.2, -0.15) is 4.98 Å². The average molecular weight is 343 g/mol. The molecule has 0 saturated carbocycles. The standard InChI is InChI=1S/C17H21N5O3/c1-10(2)22-9-14-16(21-17(22)23)20-15-12(5-4-6-13(15)25-14)24-8-7-19-11(3)18/h4-6,9-10H,7-8H2,1-3H3,(H2,18,19)(H,20,21,23). The number of nitrogens with two attached hydrogens (primary N) is 1. The van der Waals surface area contributed by atoms with E-state index in [1.54, 1.807) is 13.1 Å². The molecule has 0 aliphatic carbocycles. The molecule has 0 radical (unpaired) electrons. The van der Waals surface area contributed by atoms with Gasteiger partial charge in [0, 0.05) is 6.04 Å². The van der Waals surface area contributed by atoms with E-state index in [1.807, 2.05) is 32.0 Å². The number of aliphatic imine (C=N–C) groups is 1. The maximum Gasteiger partial charge on any atom is 0.350 e. The van der Waals surface area contributed by atoms with Crippen molar-refractivity contribution in [3.05, 3.63) is 34.9 Å². The highest BCUT2D eigenvalue weighted by Gasteiger charge is 2.23. The molecule has 25 heavy (non-hydrogen) atoms. The molecule has 8 nitrogen and oxygen atoms in total. The normalized spacial score (nSPS) is 12.9. The van der Waals surface area contributed by atoms with Crippen molar-refractivity contribution in [1.82, 2.24) is 9.55 Å². The van der Waals surface area contributed by atoms with Gasteiger partial charge in [-0.1, -0.05) is 6.07 Å². The first-order chi connectivity index (χ1) is 12.0. The van der Waals surface area contributed by atoms with Gasteiger partial charge in [0.15, 0.2) is 17.3 Å². The molecular weight excluding hydrogens is 322 g/mol. The van der Waals surface area contributed by atoms with Gasteiger partial charge in [0.05, 0.1) is 18.6 Å². The Morgan fingerprint density at radius 3 is 2.96 bits per heavy atom. The zero-order valence-corrected chi connectivity index (χ0v) is 14.4. The van der Waals surface area contributed by atoms with Gasteiger partial charge in [0.2, 0.25) is 0 Å². The molecule has 0 bridgehead atoms. The van der Waals surface area contributed by atoms with Crippen LogP contribution < -0.4 is 26.2 Å². The zero-order valence-electron chi connectivity index (χ0n) is 14.4. The van der Waals surface area contributed by atoms with Gasteiger partial charge >= 0.3 is 5.69 Å². The summed E-state index contributed by atoms with van der Waals surface area (Å²) in [6.07, 6.45) is 1.66. The van der Waals surface area contributed by atoms with Crippen molar-refractivity contribution in [2.24, 2.45) is 10.7 Å². The first kappa shape index (κ1) is 16.8. The van der Waals surface area contributed by atoms with Crippen LogP contribution in [0.15, 0.2) is 34.2 Å². The van der Waals surface area contributed by atoms with Crippen LogP contribution in [0.2, 0.25) is 0 Å². The quantitative estimate of drug-likeness (QED) is 0.419. The fraction of sp³-hybridized carbons (Fsp3) is 0.353. The number of benzene rings is 1. The van der Waals surface area contributed by atoms with Crippen LogP contribution in [-0.4, -0.2) is 28.5 Å². The molecule has 1 aliphatic rings. The molecular formula is C17H21N5O3. The van der Waals surface area contributed by atoms with E-state index in [-0.39, 0.29) is 11.7 Å². The molecule has 0 atom stereocenters. The van der Waals surface area contributed by atoms with Gasteiger partial charge < -0.3 is 20.5 Å². The van der Waals surface area contributed by atoms with Crippen molar-refractivity contribution in [2.75, 3.05) is 18.5 Å². The first-order valence-electron chi connectivity index (χ1n) is 8.06. The highest BCUT2D eigenvalue weighted by atomic mass is 16.5. The molecule has 1 aromatic heterocycles. The topological polar surface area (TPSA) is 104 Å². The predicted octanol–water partition coefficient (Wildman–Crippen LogP) is 2.43. The number of aromatic nitrogens is 2. The molecule has 0 saturated heterocycles. The summed E-state index contributed by atoms with van der Waals surface area (Å²) < 4.78 is 13.2. The highest BCUT2D eigenvalue weighted by Crippen LogP contribution is 2.45. The molecule has 2 heterocycles. The van der Waals surface area contributed by atoms with Gasteiger partial charge in [0.25, 0.3) is 0 Å². The van der Waals surface area contributed by atoms with Crippen LogP contribution in [0.3, 0.4) is 0 Å². The molecule has 1 aliphatic heterocycles. The second kappa shape index (κ2) is 6.84. The summed E-state index contributed by atoms with van der Waals surface area (Å²) >= 11 is 0.